The molecule has 0 spiro atoms. The number of carbonyl (C=O) groups excluding carboxylic acids is 2. The molecule has 3 rings (SSSR count). The molecule has 5 heteroatoms. The first-order valence-corrected chi connectivity index (χ1v) is 6.88. The maximum absolute atomic E-state index is 12.1. The lowest BCUT2D eigenvalue weighted by molar-refractivity contribution is -0.121. The first-order valence-electron chi connectivity index (χ1n) is 6.88. The number of aromatic nitrogens is 1. The van der Waals surface area contributed by atoms with E-state index in [9.17, 15) is 9.59 Å². The molecule has 0 atom stereocenters. The lowest BCUT2D eigenvalue weighted by Gasteiger charge is -2.07. The van der Waals surface area contributed by atoms with Gasteiger partial charge in [-0.15, -0.1) is 0 Å². The molecule has 0 saturated heterocycles. The summed E-state index contributed by atoms with van der Waals surface area (Å²) in [5.74, 6) is -0.137. The highest BCUT2D eigenvalue weighted by atomic mass is 16.2. The van der Waals surface area contributed by atoms with E-state index in [1.54, 1.807) is 6.07 Å². The number of hydrogen-bond donors (Lipinski definition) is 3. The summed E-state index contributed by atoms with van der Waals surface area (Å²) in [4.78, 5) is 26.7. The number of aromatic amines is 1. The fraction of sp³-hybridized carbons (Fsp3) is 0.333. The average Bonchev–Trinajstić information content (AvgIpc) is 3.11. The zero-order valence-corrected chi connectivity index (χ0v) is 11.1. The smallest absolute Gasteiger partial charge is 0.251 e. The Kier molecular flexibility index (Phi) is 3.41. The highest BCUT2D eigenvalue weighted by Gasteiger charge is 2.22. The third-order valence-corrected chi connectivity index (χ3v) is 3.42. The van der Waals surface area contributed by atoms with Gasteiger partial charge in [-0.2, -0.15) is 0 Å². The molecule has 1 fully saturated rings. The molecule has 2 aromatic rings. The van der Waals surface area contributed by atoms with Crippen LogP contribution in [0.1, 0.15) is 29.6 Å². The third-order valence-electron chi connectivity index (χ3n) is 3.42. The van der Waals surface area contributed by atoms with E-state index in [2.05, 4.69) is 15.6 Å². The third kappa shape index (κ3) is 2.82. The van der Waals surface area contributed by atoms with Gasteiger partial charge in [0.05, 0.1) is 0 Å². The second-order valence-electron chi connectivity index (χ2n) is 5.09. The summed E-state index contributed by atoms with van der Waals surface area (Å²) in [6.07, 6.45) is 4.29. The monoisotopic (exact) mass is 271 g/mol. The topological polar surface area (TPSA) is 74.0 Å². The number of hydrogen-bond acceptors (Lipinski definition) is 2. The Morgan fingerprint density at radius 1 is 1.25 bits per heavy atom. The van der Waals surface area contributed by atoms with Crippen molar-refractivity contribution in [2.24, 2.45) is 0 Å². The second kappa shape index (κ2) is 5.36. The maximum Gasteiger partial charge on any atom is 0.251 e. The number of H-pyrrole nitrogens is 1. The summed E-state index contributed by atoms with van der Waals surface area (Å²) in [7, 11) is 0. The van der Waals surface area contributed by atoms with Crippen molar-refractivity contribution in [3.63, 3.8) is 0 Å². The molecule has 1 aromatic carbocycles. The Labute approximate surface area is 116 Å². The first kappa shape index (κ1) is 12.7. The Bertz CT molecular complexity index is 643. The molecule has 5 nitrogen and oxygen atoms in total. The lowest BCUT2D eigenvalue weighted by Crippen LogP contribution is -2.31. The lowest BCUT2D eigenvalue weighted by atomic mass is 10.1. The molecule has 20 heavy (non-hydrogen) atoms. The molecule has 0 bridgehead atoms. The van der Waals surface area contributed by atoms with E-state index in [-0.39, 0.29) is 11.8 Å². The average molecular weight is 271 g/mol. The molecule has 0 aliphatic heterocycles. The van der Waals surface area contributed by atoms with Gasteiger partial charge >= 0.3 is 0 Å². The van der Waals surface area contributed by atoms with E-state index in [1.807, 2.05) is 24.4 Å². The van der Waals surface area contributed by atoms with Gasteiger partial charge < -0.3 is 15.6 Å². The van der Waals surface area contributed by atoms with Crippen LogP contribution in [-0.4, -0.2) is 29.4 Å². The first-order chi connectivity index (χ1) is 9.74. The van der Waals surface area contributed by atoms with E-state index >= 15 is 0 Å². The molecule has 1 aliphatic rings. The second-order valence-corrected chi connectivity index (χ2v) is 5.09. The number of benzene rings is 1. The van der Waals surface area contributed by atoms with Crippen LogP contribution in [0.4, 0.5) is 0 Å². The van der Waals surface area contributed by atoms with Crippen LogP contribution in [0.5, 0.6) is 0 Å². The van der Waals surface area contributed by atoms with Crippen LogP contribution >= 0.6 is 0 Å². The van der Waals surface area contributed by atoms with Crippen LogP contribution < -0.4 is 10.6 Å². The number of fused-ring (bicyclic) bond motifs is 1. The SMILES string of the molecule is O=C(CCNC(=O)c1cccc2[nH]ccc12)NC1CC1. The molecule has 1 aromatic heterocycles. The molecule has 2 amide bonds. The Morgan fingerprint density at radius 3 is 2.90 bits per heavy atom. The number of carbonyl (C=O) groups is 2. The van der Waals surface area contributed by atoms with Gasteiger partial charge in [0.2, 0.25) is 5.91 Å². The molecule has 1 aliphatic carbocycles. The highest BCUT2D eigenvalue weighted by Crippen LogP contribution is 2.18. The van der Waals surface area contributed by atoms with Crippen LogP contribution in [0, 0.1) is 0 Å². The van der Waals surface area contributed by atoms with Crippen molar-refractivity contribution in [3.05, 3.63) is 36.0 Å². The van der Waals surface area contributed by atoms with Gasteiger partial charge in [0.1, 0.15) is 0 Å². The number of amides is 2. The molecule has 1 heterocycles. The zero-order chi connectivity index (χ0) is 13.9. The van der Waals surface area contributed by atoms with Crippen LogP contribution in [-0.2, 0) is 4.79 Å². The minimum atomic E-state index is -0.144. The van der Waals surface area contributed by atoms with Crippen LogP contribution in [0.25, 0.3) is 10.9 Å². The largest absolute Gasteiger partial charge is 0.361 e. The standard InChI is InChI=1S/C15H17N3O2/c19-14(18-10-4-5-10)7-9-17-15(20)12-2-1-3-13-11(12)6-8-16-13/h1-3,6,8,10,16H,4-5,7,9H2,(H,17,20)(H,18,19). The molecule has 104 valence electrons. The normalized spacial score (nSPS) is 14.2. The quantitative estimate of drug-likeness (QED) is 0.772. The van der Waals surface area contributed by atoms with Gasteiger partial charge in [0.15, 0.2) is 0 Å². The summed E-state index contributed by atoms with van der Waals surface area (Å²) in [6.45, 7) is 0.359. The predicted molar refractivity (Wildman–Crippen MR) is 76.4 cm³/mol. The molecular formula is C15H17N3O2. The summed E-state index contributed by atoms with van der Waals surface area (Å²) in [5.41, 5.74) is 1.57. The van der Waals surface area contributed by atoms with Gasteiger partial charge in [-0.25, -0.2) is 0 Å². The predicted octanol–water partition coefficient (Wildman–Crippen LogP) is 1.57. The van der Waals surface area contributed by atoms with Crippen LogP contribution in [0.15, 0.2) is 30.5 Å². The van der Waals surface area contributed by atoms with Gasteiger partial charge in [-0.1, -0.05) is 6.07 Å². The minimum Gasteiger partial charge on any atom is -0.361 e. The fourth-order valence-corrected chi connectivity index (χ4v) is 2.20. The summed E-state index contributed by atoms with van der Waals surface area (Å²) in [5, 5.41) is 6.59. The molecule has 3 N–H and O–H groups in total. The van der Waals surface area contributed by atoms with Crippen LogP contribution in [0.3, 0.4) is 0 Å². The Balaban J connectivity index is 1.56. The van der Waals surface area contributed by atoms with E-state index in [0.717, 1.165) is 23.7 Å². The van der Waals surface area contributed by atoms with Crippen molar-refractivity contribution in [1.82, 2.24) is 15.6 Å². The van der Waals surface area contributed by atoms with Crippen LogP contribution in [0.2, 0.25) is 0 Å². The van der Waals surface area contributed by atoms with E-state index in [0.29, 0.717) is 24.6 Å². The molecule has 0 radical (unpaired) electrons. The summed E-state index contributed by atoms with van der Waals surface area (Å²) < 4.78 is 0. The highest BCUT2D eigenvalue weighted by molar-refractivity contribution is 6.06. The van der Waals surface area contributed by atoms with Crippen molar-refractivity contribution in [1.29, 1.82) is 0 Å². The Morgan fingerprint density at radius 2 is 2.10 bits per heavy atom. The van der Waals surface area contributed by atoms with Gasteiger partial charge in [0.25, 0.3) is 5.91 Å². The van der Waals surface area contributed by atoms with Crippen molar-refractivity contribution >= 4 is 22.7 Å². The van der Waals surface area contributed by atoms with Gasteiger partial charge in [0, 0.05) is 41.7 Å². The summed E-state index contributed by atoms with van der Waals surface area (Å²) in [6, 6.07) is 7.80. The van der Waals surface area contributed by atoms with Gasteiger partial charge in [-0.3, -0.25) is 9.59 Å². The van der Waals surface area contributed by atoms with Crippen molar-refractivity contribution in [2.45, 2.75) is 25.3 Å². The van der Waals surface area contributed by atoms with E-state index in [1.165, 1.54) is 0 Å². The minimum absolute atomic E-state index is 0.00709. The Hall–Kier alpha value is -2.30. The maximum atomic E-state index is 12.1. The zero-order valence-electron chi connectivity index (χ0n) is 11.1. The van der Waals surface area contributed by atoms with E-state index < -0.39 is 0 Å². The number of nitrogens with one attached hydrogen (secondary N) is 3. The van der Waals surface area contributed by atoms with Crippen molar-refractivity contribution in [3.8, 4) is 0 Å². The van der Waals surface area contributed by atoms with E-state index in [4.69, 9.17) is 0 Å². The summed E-state index contributed by atoms with van der Waals surface area (Å²) >= 11 is 0. The fourth-order valence-electron chi connectivity index (χ4n) is 2.20. The van der Waals surface area contributed by atoms with Crippen molar-refractivity contribution < 1.29 is 9.59 Å². The molecule has 0 unspecified atom stereocenters. The molecule has 1 saturated carbocycles. The number of rotatable bonds is 5. The molecular weight excluding hydrogens is 254 g/mol. The van der Waals surface area contributed by atoms with Gasteiger partial charge in [-0.05, 0) is 31.0 Å². The van der Waals surface area contributed by atoms with Crippen molar-refractivity contribution in [2.75, 3.05) is 6.54 Å².